The first kappa shape index (κ1) is 18.9. The van der Waals surface area contributed by atoms with E-state index in [0.717, 1.165) is 23.5 Å². The molecule has 27 heavy (non-hydrogen) atoms. The Bertz CT molecular complexity index is 790. The molecule has 144 valence electrons. The van der Waals surface area contributed by atoms with Gasteiger partial charge in [-0.3, -0.25) is 0 Å². The number of fused-ring (bicyclic) bond motifs is 1. The van der Waals surface area contributed by atoms with Gasteiger partial charge in [0, 0.05) is 13.1 Å². The number of carbonyl (C=O) groups is 1. The van der Waals surface area contributed by atoms with Gasteiger partial charge < -0.3 is 24.4 Å². The summed E-state index contributed by atoms with van der Waals surface area (Å²) in [4.78, 5) is 14.3. The number of nitrogens with zero attached hydrogens (tertiary/aromatic N) is 1. The lowest BCUT2D eigenvalue weighted by atomic mass is 9.99. The lowest BCUT2D eigenvalue weighted by Gasteiger charge is -2.29. The van der Waals surface area contributed by atoms with Crippen molar-refractivity contribution < 1.29 is 19.0 Å². The molecule has 0 atom stereocenters. The second-order valence-electron chi connectivity index (χ2n) is 6.54. The molecule has 6 heteroatoms. The second-order valence-corrected chi connectivity index (χ2v) is 6.54. The van der Waals surface area contributed by atoms with E-state index in [0.29, 0.717) is 32.0 Å². The Hall–Kier alpha value is -2.89. The van der Waals surface area contributed by atoms with Gasteiger partial charge in [0.05, 0.1) is 20.8 Å². The van der Waals surface area contributed by atoms with Crippen LogP contribution in [-0.2, 0) is 13.0 Å². The van der Waals surface area contributed by atoms with Gasteiger partial charge in [0.1, 0.15) is 12.4 Å². The van der Waals surface area contributed by atoms with Crippen LogP contribution in [0.25, 0.3) is 0 Å². The van der Waals surface area contributed by atoms with Crippen molar-refractivity contribution in [2.75, 3.05) is 33.9 Å². The number of hydrogen-bond donors (Lipinski definition) is 1. The number of nitrogens with one attached hydrogen (secondary N) is 1. The predicted molar refractivity (Wildman–Crippen MR) is 104 cm³/mol. The number of urea groups is 1. The number of aryl methyl sites for hydroxylation is 1. The minimum absolute atomic E-state index is 0.0806. The van der Waals surface area contributed by atoms with Crippen LogP contribution >= 0.6 is 0 Å². The van der Waals surface area contributed by atoms with Gasteiger partial charge in [0.25, 0.3) is 0 Å². The fourth-order valence-corrected chi connectivity index (χ4v) is 3.13. The maximum Gasteiger partial charge on any atom is 0.317 e. The molecule has 0 radical (unpaired) electrons. The molecular weight excluding hydrogens is 344 g/mol. The highest BCUT2D eigenvalue weighted by molar-refractivity contribution is 5.74. The Labute approximate surface area is 160 Å². The van der Waals surface area contributed by atoms with Crippen LogP contribution in [0.5, 0.6) is 17.2 Å². The topological polar surface area (TPSA) is 60.0 Å². The van der Waals surface area contributed by atoms with E-state index in [1.165, 1.54) is 11.1 Å². The standard InChI is InChI=1S/C21H26N2O4/c1-15-4-6-18(7-5-15)27-11-9-22-21(24)23-10-8-16-12-19(25-2)20(26-3)13-17(16)14-23/h4-7,12-13H,8-11,14H2,1-3H3,(H,22,24). The molecule has 0 saturated carbocycles. The second kappa shape index (κ2) is 8.66. The number of benzene rings is 2. The summed E-state index contributed by atoms with van der Waals surface area (Å²) >= 11 is 0. The van der Waals surface area contributed by atoms with Crippen LogP contribution in [0.2, 0.25) is 0 Å². The molecule has 1 aliphatic heterocycles. The highest BCUT2D eigenvalue weighted by Gasteiger charge is 2.22. The fraction of sp³-hybridized carbons (Fsp3) is 0.381. The lowest BCUT2D eigenvalue weighted by Crippen LogP contribution is -2.43. The van der Waals surface area contributed by atoms with Gasteiger partial charge in [0.2, 0.25) is 0 Å². The number of methoxy groups -OCH3 is 2. The summed E-state index contributed by atoms with van der Waals surface area (Å²) < 4.78 is 16.4. The van der Waals surface area contributed by atoms with Crippen molar-refractivity contribution in [3.63, 3.8) is 0 Å². The molecule has 6 nitrogen and oxygen atoms in total. The van der Waals surface area contributed by atoms with Crippen LogP contribution in [0.3, 0.4) is 0 Å². The maximum absolute atomic E-state index is 12.4. The van der Waals surface area contributed by atoms with E-state index in [2.05, 4.69) is 5.32 Å². The number of carbonyl (C=O) groups excluding carboxylic acids is 1. The zero-order chi connectivity index (χ0) is 19.2. The summed E-state index contributed by atoms with van der Waals surface area (Å²) in [5, 5.41) is 2.92. The first-order valence-corrected chi connectivity index (χ1v) is 9.06. The van der Waals surface area contributed by atoms with Gasteiger partial charge in [0.15, 0.2) is 11.5 Å². The van der Waals surface area contributed by atoms with E-state index < -0.39 is 0 Å². The van der Waals surface area contributed by atoms with E-state index in [1.807, 2.05) is 43.3 Å². The lowest BCUT2D eigenvalue weighted by molar-refractivity contribution is 0.189. The number of rotatable bonds is 6. The Kier molecular flexibility index (Phi) is 6.06. The smallest absolute Gasteiger partial charge is 0.317 e. The quantitative estimate of drug-likeness (QED) is 0.794. The SMILES string of the molecule is COc1cc2c(cc1OC)CN(C(=O)NCCOc1ccc(C)cc1)CC2. The molecule has 2 amide bonds. The van der Waals surface area contributed by atoms with Gasteiger partial charge in [-0.15, -0.1) is 0 Å². The summed E-state index contributed by atoms with van der Waals surface area (Å²) in [5.74, 6) is 2.22. The Morgan fingerprint density at radius 2 is 1.74 bits per heavy atom. The molecule has 1 N–H and O–H groups in total. The molecule has 1 heterocycles. The van der Waals surface area contributed by atoms with Gasteiger partial charge >= 0.3 is 6.03 Å². The normalized spacial score (nSPS) is 12.9. The average Bonchev–Trinajstić information content (AvgIpc) is 2.70. The number of amides is 2. The number of hydrogen-bond acceptors (Lipinski definition) is 4. The summed E-state index contributed by atoms with van der Waals surface area (Å²) in [7, 11) is 3.25. The van der Waals surface area contributed by atoms with Crippen molar-refractivity contribution in [2.45, 2.75) is 19.9 Å². The Morgan fingerprint density at radius 3 is 2.41 bits per heavy atom. The van der Waals surface area contributed by atoms with Crippen molar-refractivity contribution in [1.82, 2.24) is 10.2 Å². The van der Waals surface area contributed by atoms with Gasteiger partial charge in [-0.25, -0.2) is 4.79 Å². The maximum atomic E-state index is 12.4. The van der Waals surface area contributed by atoms with E-state index in [-0.39, 0.29) is 6.03 Å². The van der Waals surface area contributed by atoms with Gasteiger partial charge in [-0.05, 0) is 48.7 Å². The van der Waals surface area contributed by atoms with Crippen LogP contribution in [0.1, 0.15) is 16.7 Å². The van der Waals surface area contributed by atoms with E-state index in [1.54, 1.807) is 19.1 Å². The Morgan fingerprint density at radius 1 is 1.07 bits per heavy atom. The monoisotopic (exact) mass is 370 g/mol. The third-order valence-corrected chi connectivity index (χ3v) is 4.67. The first-order chi connectivity index (χ1) is 13.1. The molecule has 3 rings (SSSR count). The van der Waals surface area contributed by atoms with Crippen molar-refractivity contribution in [3.05, 3.63) is 53.1 Å². The average molecular weight is 370 g/mol. The molecular formula is C21H26N2O4. The van der Waals surface area contributed by atoms with Gasteiger partial charge in [-0.2, -0.15) is 0 Å². The fourth-order valence-electron chi connectivity index (χ4n) is 3.13. The summed E-state index contributed by atoms with van der Waals surface area (Å²) in [6.45, 7) is 4.16. The highest BCUT2D eigenvalue weighted by Crippen LogP contribution is 2.33. The van der Waals surface area contributed by atoms with Crippen molar-refractivity contribution in [2.24, 2.45) is 0 Å². The molecule has 0 aliphatic carbocycles. The van der Waals surface area contributed by atoms with Crippen molar-refractivity contribution >= 4 is 6.03 Å². The molecule has 0 aromatic heterocycles. The van der Waals surface area contributed by atoms with Crippen LogP contribution in [0.4, 0.5) is 4.79 Å². The van der Waals surface area contributed by atoms with E-state index in [9.17, 15) is 4.79 Å². The van der Waals surface area contributed by atoms with Crippen LogP contribution in [0.15, 0.2) is 36.4 Å². The van der Waals surface area contributed by atoms with E-state index in [4.69, 9.17) is 14.2 Å². The number of ether oxygens (including phenoxy) is 3. The molecule has 0 unspecified atom stereocenters. The summed E-state index contributed by atoms with van der Waals surface area (Å²) in [5.41, 5.74) is 3.47. The zero-order valence-corrected chi connectivity index (χ0v) is 16.1. The van der Waals surface area contributed by atoms with Crippen molar-refractivity contribution in [1.29, 1.82) is 0 Å². The molecule has 0 saturated heterocycles. The van der Waals surface area contributed by atoms with Crippen molar-refractivity contribution in [3.8, 4) is 17.2 Å². The summed E-state index contributed by atoms with van der Waals surface area (Å²) in [6, 6.07) is 11.7. The molecule has 2 aromatic rings. The first-order valence-electron chi connectivity index (χ1n) is 9.06. The zero-order valence-electron chi connectivity index (χ0n) is 16.1. The Balaban J connectivity index is 1.50. The molecule has 0 spiro atoms. The van der Waals surface area contributed by atoms with Crippen LogP contribution in [-0.4, -0.2) is 44.8 Å². The predicted octanol–water partition coefficient (Wildman–Crippen LogP) is 3.16. The van der Waals surface area contributed by atoms with Crippen LogP contribution in [0, 0.1) is 6.92 Å². The minimum atomic E-state index is -0.0806. The highest BCUT2D eigenvalue weighted by atomic mass is 16.5. The molecule has 2 aromatic carbocycles. The van der Waals surface area contributed by atoms with Crippen LogP contribution < -0.4 is 19.5 Å². The third kappa shape index (κ3) is 4.64. The molecule has 0 bridgehead atoms. The molecule has 1 aliphatic rings. The van der Waals surface area contributed by atoms with E-state index >= 15 is 0 Å². The largest absolute Gasteiger partial charge is 0.493 e. The summed E-state index contributed by atoms with van der Waals surface area (Å²) in [6.07, 6.45) is 0.795. The minimum Gasteiger partial charge on any atom is -0.493 e. The van der Waals surface area contributed by atoms with Gasteiger partial charge in [-0.1, -0.05) is 17.7 Å². The molecule has 0 fully saturated rings. The third-order valence-electron chi connectivity index (χ3n) is 4.67.